The fourth-order valence-corrected chi connectivity index (χ4v) is 2.12. The molecule has 5 heteroatoms. The fourth-order valence-electron chi connectivity index (χ4n) is 2.12. The maximum atomic E-state index is 12.7. The Balaban J connectivity index is 1.71. The second-order valence-electron chi connectivity index (χ2n) is 4.90. The Morgan fingerprint density at radius 3 is 2.43 bits per heavy atom. The molecule has 0 atom stereocenters. The second-order valence-corrected chi connectivity index (χ2v) is 4.90. The number of amides is 1. The predicted molar refractivity (Wildman–Crippen MR) is 87.2 cm³/mol. The molecule has 0 saturated carbocycles. The van der Waals surface area contributed by atoms with E-state index in [1.165, 1.54) is 18.3 Å². The van der Waals surface area contributed by atoms with Crippen molar-refractivity contribution < 1.29 is 9.18 Å². The van der Waals surface area contributed by atoms with Gasteiger partial charge in [0.2, 0.25) is 5.95 Å². The van der Waals surface area contributed by atoms with Gasteiger partial charge >= 0.3 is 0 Å². The highest BCUT2D eigenvalue weighted by molar-refractivity contribution is 5.96. The number of carbonyl (C=O) groups is 1. The van der Waals surface area contributed by atoms with E-state index in [0.29, 0.717) is 11.3 Å². The van der Waals surface area contributed by atoms with Crippen molar-refractivity contribution in [2.75, 3.05) is 5.43 Å². The van der Waals surface area contributed by atoms with Crippen LogP contribution in [0.2, 0.25) is 0 Å². The smallest absolute Gasteiger partial charge is 0.269 e. The van der Waals surface area contributed by atoms with Crippen molar-refractivity contribution in [1.29, 1.82) is 0 Å². The summed E-state index contributed by atoms with van der Waals surface area (Å²) in [6.45, 7) is 0. The zero-order valence-corrected chi connectivity index (χ0v) is 12.2. The fraction of sp³-hybridized carbons (Fsp3) is 0. The van der Waals surface area contributed by atoms with Gasteiger partial charge in [0.15, 0.2) is 0 Å². The number of hydrogen-bond acceptors (Lipinski definition) is 3. The van der Waals surface area contributed by atoms with Crippen LogP contribution < -0.4 is 10.9 Å². The van der Waals surface area contributed by atoms with Crippen molar-refractivity contribution >= 4 is 11.6 Å². The topological polar surface area (TPSA) is 54.0 Å². The third-order valence-corrected chi connectivity index (χ3v) is 3.28. The van der Waals surface area contributed by atoms with E-state index < -0.39 is 5.95 Å². The van der Waals surface area contributed by atoms with Gasteiger partial charge in [-0.1, -0.05) is 42.5 Å². The number of hydrogen-bond donors (Lipinski definition) is 2. The molecular formula is C18H14FN3O. The zero-order valence-electron chi connectivity index (χ0n) is 12.2. The first kappa shape index (κ1) is 14.7. The van der Waals surface area contributed by atoms with Crippen molar-refractivity contribution in [2.45, 2.75) is 0 Å². The van der Waals surface area contributed by atoms with Gasteiger partial charge in [0, 0.05) is 5.56 Å². The zero-order chi connectivity index (χ0) is 16.1. The van der Waals surface area contributed by atoms with Crippen molar-refractivity contribution in [3.63, 3.8) is 0 Å². The van der Waals surface area contributed by atoms with Gasteiger partial charge in [-0.05, 0) is 35.4 Å². The number of nitrogens with zero attached hydrogens (tertiary/aromatic N) is 1. The standard InChI is InChI=1S/C18H14FN3O/c19-17-10-9-16(12-20-17)21-22-18(23)15-8-4-7-14(11-15)13-5-2-1-3-6-13/h1-12,21H,(H,22,23). The van der Waals surface area contributed by atoms with E-state index in [-0.39, 0.29) is 5.91 Å². The molecule has 0 aliphatic rings. The van der Waals surface area contributed by atoms with Gasteiger partial charge in [0.1, 0.15) is 0 Å². The van der Waals surface area contributed by atoms with E-state index in [9.17, 15) is 9.18 Å². The number of rotatable bonds is 4. The van der Waals surface area contributed by atoms with Crippen LogP contribution in [0.4, 0.5) is 10.1 Å². The maximum absolute atomic E-state index is 12.7. The van der Waals surface area contributed by atoms with Gasteiger partial charge in [-0.3, -0.25) is 15.6 Å². The second kappa shape index (κ2) is 6.70. The first-order valence-corrected chi connectivity index (χ1v) is 7.06. The summed E-state index contributed by atoms with van der Waals surface area (Å²) in [5.41, 5.74) is 8.28. The van der Waals surface area contributed by atoms with Crippen molar-refractivity contribution in [3.8, 4) is 11.1 Å². The summed E-state index contributed by atoms with van der Waals surface area (Å²) in [6, 6.07) is 19.8. The number of aromatic nitrogens is 1. The molecule has 0 spiro atoms. The van der Waals surface area contributed by atoms with Crippen LogP contribution in [-0.2, 0) is 0 Å². The molecule has 2 N–H and O–H groups in total. The molecule has 0 bridgehead atoms. The van der Waals surface area contributed by atoms with Gasteiger partial charge in [0.05, 0.1) is 11.9 Å². The minimum absolute atomic E-state index is 0.285. The third kappa shape index (κ3) is 3.71. The molecule has 1 aromatic heterocycles. The van der Waals surface area contributed by atoms with Crippen molar-refractivity contribution in [2.24, 2.45) is 0 Å². The summed E-state index contributed by atoms with van der Waals surface area (Å²) in [5.74, 6) is -0.857. The molecule has 3 aromatic rings. The number of halogens is 1. The van der Waals surface area contributed by atoms with E-state index >= 15 is 0 Å². The van der Waals surface area contributed by atoms with E-state index in [0.717, 1.165) is 11.1 Å². The summed E-state index contributed by atoms with van der Waals surface area (Å²) < 4.78 is 12.7. The third-order valence-electron chi connectivity index (χ3n) is 3.28. The van der Waals surface area contributed by atoms with Crippen LogP contribution in [0.25, 0.3) is 11.1 Å². The van der Waals surface area contributed by atoms with Crippen LogP contribution in [0, 0.1) is 5.95 Å². The quantitative estimate of drug-likeness (QED) is 0.571. The Bertz CT molecular complexity index is 804. The van der Waals surface area contributed by atoms with Crippen molar-refractivity contribution in [3.05, 3.63) is 84.4 Å². The van der Waals surface area contributed by atoms with E-state index in [4.69, 9.17) is 0 Å². The predicted octanol–water partition coefficient (Wildman–Crippen LogP) is 3.64. The molecule has 0 fully saturated rings. The molecule has 1 heterocycles. The lowest BCUT2D eigenvalue weighted by atomic mass is 10.0. The Morgan fingerprint density at radius 2 is 1.70 bits per heavy atom. The first-order valence-electron chi connectivity index (χ1n) is 7.06. The molecule has 0 aliphatic carbocycles. The van der Waals surface area contributed by atoms with Gasteiger partial charge in [-0.25, -0.2) is 4.98 Å². The van der Waals surface area contributed by atoms with Crippen LogP contribution >= 0.6 is 0 Å². The Hall–Kier alpha value is -3.21. The number of carbonyl (C=O) groups excluding carboxylic acids is 1. The lowest BCUT2D eigenvalue weighted by molar-refractivity contribution is 0.0962. The van der Waals surface area contributed by atoms with Crippen LogP contribution in [-0.4, -0.2) is 10.9 Å². The Morgan fingerprint density at radius 1 is 0.913 bits per heavy atom. The molecule has 1 amide bonds. The Kier molecular flexibility index (Phi) is 4.29. The molecule has 114 valence electrons. The normalized spacial score (nSPS) is 10.1. The summed E-state index contributed by atoms with van der Waals surface area (Å²) in [6.07, 6.45) is 1.30. The largest absolute Gasteiger partial charge is 0.297 e. The van der Waals surface area contributed by atoms with E-state index in [1.807, 2.05) is 48.5 Å². The summed E-state index contributed by atoms with van der Waals surface area (Å²) in [4.78, 5) is 15.7. The highest BCUT2D eigenvalue weighted by Crippen LogP contribution is 2.19. The van der Waals surface area contributed by atoms with Gasteiger partial charge < -0.3 is 0 Å². The molecule has 3 rings (SSSR count). The molecule has 2 aromatic carbocycles. The lowest BCUT2D eigenvalue weighted by Crippen LogP contribution is -2.29. The number of anilines is 1. The van der Waals surface area contributed by atoms with Crippen LogP contribution in [0.5, 0.6) is 0 Å². The average Bonchev–Trinajstić information content (AvgIpc) is 2.62. The van der Waals surface area contributed by atoms with Crippen LogP contribution in [0.3, 0.4) is 0 Å². The molecule has 0 radical (unpaired) electrons. The maximum Gasteiger partial charge on any atom is 0.269 e. The summed E-state index contributed by atoms with van der Waals surface area (Å²) >= 11 is 0. The molecule has 0 saturated heterocycles. The molecular weight excluding hydrogens is 293 g/mol. The lowest BCUT2D eigenvalue weighted by Gasteiger charge is -2.09. The highest BCUT2D eigenvalue weighted by atomic mass is 19.1. The number of pyridine rings is 1. The van der Waals surface area contributed by atoms with Crippen LogP contribution in [0.1, 0.15) is 10.4 Å². The minimum atomic E-state index is -0.572. The van der Waals surface area contributed by atoms with Gasteiger partial charge in [-0.2, -0.15) is 4.39 Å². The number of benzene rings is 2. The Labute approximate surface area is 133 Å². The van der Waals surface area contributed by atoms with Gasteiger partial charge in [0.25, 0.3) is 5.91 Å². The molecule has 0 aliphatic heterocycles. The molecule has 23 heavy (non-hydrogen) atoms. The SMILES string of the molecule is O=C(NNc1ccc(F)nc1)c1cccc(-c2ccccc2)c1. The molecule has 0 unspecified atom stereocenters. The minimum Gasteiger partial charge on any atom is -0.297 e. The van der Waals surface area contributed by atoms with E-state index in [1.54, 1.807) is 6.07 Å². The van der Waals surface area contributed by atoms with E-state index in [2.05, 4.69) is 15.8 Å². The summed E-state index contributed by atoms with van der Waals surface area (Å²) in [7, 11) is 0. The molecule has 4 nitrogen and oxygen atoms in total. The number of hydrazine groups is 1. The summed E-state index contributed by atoms with van der Waals surface area (Å²) in [5, 5.41) is 0. The number of nitrogens with one attached hydrogen (secondary N) is 2. The van der Waals surface area contributed by atoms with Gasteiger partial charge in [-0.15, -0.1) is 0 Å². The average molecular weight is 307 g/mol. The first-order chi connectivity index (χ1) is 11.2. The van der Waals surface area contributed by atoms with Crippen LogP contribution in [0.15, 0.2) is 72.9 Å². The highest BCUT2D eigenvalue weighted by Gasteiger charge is 2.07. The monoisotopic (exact) mass is 307 g/mol. The van der Waals surface area contributed by atoms with Crippen molar-refractivity contribution in [1.82, 2.24) is 10.4 Å².